The lowest BCUT2D eigenvalue weighted by molar-refractivity contribution is 0.659. The topological polar surface area (TPSA) is 9.86 Å². The molecular formula is C79H60N2. The van der Waals surface area contributed by atoms with Crippen molar-refractivity contribution in [3.63, 3.8) is 0 Å². The third-order valence-corrected chi connectivity index (χ3v) is 18.9. The van der Waals surface area contributed by atoms with E-state index in [1.54, 1.807) is 0 Å². The Kier molecular flexibility index (Phi) is 10.1. The minimum Gasteiger partial charge on any atom is -0.309 e. The van der Waals surface area contributed by atoms with Crippen LogP contribution < -0.4 is 0 Å². The summed E-state index contributed by atoms with van der Waals surface area (Å²) in [5.41, 5.74) is 30.6. The molecular weight excluding hydrogens is 977 g/mol. The maximum Gasteiger partial charge on any atom is 0.0541 e. The van der Waals surface area contributed by atoms with E-state index in [1.807, 2.05) is 0 Å². The van der Waals surface area contributed by atoms with Crippen LogP contribution in [0.4, 0.5) is 0 Å². The zero-order chi connectivity index (χ0) is 54.5. The van der Waals surface area contributed by atoms with Crippen LogP contribution in [0.1, 0.15) is 97.2 Å². The van der Waals surface area contributed by atoms with Crippen molar-refractivity contribution in [1.29, 1.82) is 0 Å². The van der Waals surface area contributed by atoms with E-state index in [0.29, 0.717) is 0 Å². The zero-order valence-electron chi connectivity index (χ0n) is 46.6. The van der Waals surface area contributed by atoms with E-state index >= 15 is 0 Å². The highest BCUT2D eigenvalue weighted by molar-refractivity contribution is 6.11. The molecule has 386 valence electrons. The molecule has 3 aliphatic carbocycles. The van der Waals surface area contributed by atoms with Gasteiger partial charge in [-0.3, -0.25) is 0 Å². The molecule has 0 saturated carbocycles. The van der Waals surface area contributed by atoms with Crippen molar-refractivity contribution in [2.45, 2.75) is 57.8 Å². The van der Waals surface area contributed by atoms with E-state index < -0.39 is 0 Å². The lowest BCUT2D eigenvalue weighted by Gasteiger charge is -2.23. The Hall–Kier alpha value is -9.50. The number of fused-ring (bicyclic) bond motifs is 15. The summed E-state index contributed by atoms with van der Waals surface area (Å²) in [5, 5.41) is 5.07. The fraction of sp³-hybridized carbons (Fsp3) is 0.114. The van der Waals surface area contributed by atoms with Gasteiger partial charge in [-0.05, 0) is 173 Å². The van der Waals surface area contributed by atoms with Crippen molar-refractivity contribution in [3.8, 4) is 55.9 Å². The van der Waals surface area contributed by atoms with Crippen LogP contribution in [0.3, 0.4) is 0 Å². The van der Waals surface area contributed by atoms with Crippen LogP contribution in [0.5, 0.6) is 0 Å². The summed E-state index contributed by atoms with van der Waals surface area (Å²) in [4.78, 5) is 0. The average molecular weight is 1040 g/mol. The van der Waals surface area contributed by atoms with Gasteiger partial charge in [-0.1, -0.05) is 224 Å². The van der Waals surface area contributed by atoms with Crippen molar-refractivity contribution in [2.75, 3.05) is 0 Å². The smallest absolute Gasteiger partial charge is 0.0541 e. The van der Waals surface area contributed by atoms with Crippen molar-refractivity contribution in [1.82, 2.24) is 9.13 Å². The molecule has 0 aliphatic heterocycles. The number of para-hydroxylation sites is 3. The van der Waals surface area contributed by atoms with Crippen LogP contribution in [0.25, 0.3) is 124 Å². The zero-order valence-corrected chi connectivity index (χ0v) is 46.6. The van der Waals surface area contributed by atoms with Crippen molar-refractivity contribution < 1.29 is 0 Å². The third-order valence-electron chi connectivity index (χ3n) is 18.9. The Balaban J connectivity index is 0.659. The molecule has 13 aromatic rings. The second-order valence-electron chi connectivity index (χ2n) is 24.5. The van der Waals surface area contributed by atoms with Gasteiger partial charge in [0.1, 0.15) is 0 Å². The van der Waals surface area contributed by atoms with Gasteiger partial charge in [0.15, 0.2) is 0 Å². The number of rotatable bonds is 7. The summed E-state index contributed by atoms with van der Waals surface area (Å²) in [5.74, 6) is 0. The molecule has 2 heteroatoms. The highest BCUT2D eigenvalue weighted by Crippen LogP contribution is 2.54. The predicted octanol–water partition coefficient (Wildman–Crippen LogP) is 20.8. The summed E-state index contributed by atoms with van der Waals surface area (Å²) >= 11 is 0. The fourth-order valence-electron chi connectivity index (χ4n) is 14.6. The van der Waals surface area contributed by atoms with Crippen LogP contribution in [-0.2, 0) is 16.2 Å². The van der Waals surface area contributed by atoms with Gasteiger partial charge in [-0.25, -0.2) is 0 Å². The van der Waals surface area contributed by atoms with Gasteiger partial charge in [0.25, 0.3) is 0 Å². The van der Waals surface area contributed by atoms with Crippen LogP contribution in [0.15, 0.2) is 231 Å². The Morgan fingerprint density at radius 1 is 0.247 bits per heavy atom. The summed E-state index contributed by atoms with van der Waals surface area (Å²) in [6, 6.07) is 86.5. The number of hydrogen-bond acceptors (Lipinski definition) is 0. The molecule has 11 aromatic carbocycles. The lowest BCUT2D eigenvalue weighted by Crippen LogP contribution is -2.15. The highest BCUT2D eigenvalue weighted by atomic mass is 15.0. The van der Waals surface area contributed by atoms with Crippen molar-refractivity contribution in [2.24, 2.45) is 0 Å². The molecule has 0 atom stereocenters. The Labute approximate surface area is 474 Å². The first kappa shape index (κ1) is 47.5. The number of hydrogen-bond donors (Lipinski definition) is 0. The Bertz CT molecular complexity index is 4890. The Morgan fingerprint density at radius 2 is 0.605 bits per heavy atom. The fourth-order valence-corrected chi connectivity index (χ4v) is 14.6. The molecule has 2 nitrogen and oxygen atoms in total. The van der Waals surface area contributed by atoms with Crippen molar-refractivity contribution >= 4 is 67.9 Å². The maximum atomic E-state index is 2.47. The van der Waals surface area contributed by atoms with E-state index in [-0.39, 0.29) is 16.2 Å². The van der Waals surface area contributed by atoms with Gasteiger partial charge >= 0.3 is 0 Å². The van der Waals surface area contributed by atoms with Crippen LogP contribution in [-0.4, -0.2) is 9.13 Å². The molecule has 0 bridgehead atoms. The van der Waals surface area contributed by atoms with Gasteiger partial charge in [-0.15, -0.1) is 0 Å². The molecule has 0 amide bonds. The van der Waals surface area contributed by atoms with Gasteiger partial charge in [0.2, 0.25) is 0 Å². The van der Waals surface area contributed by atoms with E-state index in [1.165, 1.54) is 155 Å². The molecule has 0 saturated heterocycles. The van der Waals surface area contributed by atoms with Crippen LogP contribution in [0, 0.1) is 0 Å². The molecule has 0 fully saturated rings. The van der Waals surface area contributed by atoms with Gasteiger partial charge < -0.3 is 9.13 Å². The van der Waals surface area contributed by atoms with Crippen LogP contribution >= 0.6 is 0 Å². The van der Waals surface area contributed by atoms with Gasteiger partial charge in [0, 0.05) is 49.2 Å². The normalized spacial score (nSPS) is 15.0. The molecule has 81 heavy (non-hydrogen) atoms. The summed E-state index contributed by atoms with van der Waals surface area (Å²) < 4.78 is 4.83. The predicted molar refractivity (Wildman–Crippen MR) is 344 cm³/mol. The molecule has 0 N–H and O–H groups in total. The summed E-state index contributed by atoms with van der Waals surface area (Å²) in [6.07, 6.45) is 9.13. The van der Waals surface area contributed by atoms with E-state index in [4.69, 9.17) is 0 Å². The average Bonchev–Trinajstić information content (AvgIpc) is 4.33. The van der Waals surface area contributed by atoms with Gasteiger partial charge in [-0.2, -0.15) is 0 Å². The number of benzene rings is 11. The maximum absolute atomic E-state index is 2.47. The second kappa shape index (κ2) is 17.3. The van der Waals surface area contributed by atoms with E-state index in [0.717, 1.165) is 0 Å². The minimum absolute atomic E-state index is 0.0638. The standard InChI is InChI=1S/C79H60N2/c1-77(2)67-21-13-10-18-57(67)62-39-34-56(48-72(62)77)81-74-23-15-12-20-64(74)66-43-50(31-41-76(66)81)25-27-52-29-36-59-61-38-33-54(47-71(61)79(5,6)69(59)45-52)53-32-37-60-58-35-28-51(44-68(58)78(3,4)70(60)46-53)26-24-49-30-40-75-65(42-49)63-19-11-14-22-73(63)80(75)55-16-8-7-9-17-55/h7-48H,1-6H3. The molecule has 0 spiro atoms. The molecule has 2 heterocycles. The number of nitrogens with zero attached hydrogens (tertiary/aromatic N) is 2. The second-order valence-corrected chi connectivity index (χ2v) is 24.5. The Morgan fingerprint density at radius 3 is 1.14 bits per heavy atom. The first-order valence-corrected chi connectivity index (χ1v) is 28.7. The molecule has 16 rings (SSSR count). The summed E-state index contributed by atoms with van der Waals surface area (Å²) in [6.45, 7) is 14.3. The molecule has 0 radical (unpaired) electrons. The SMILES string of the molecule is CC1(C)c2cc(C=Cc3ccc4c(c3)c3ccccc3n4-c3ccccc3)ccc2-c2ccc(-c3ccc4c(c3)C(C)(C)c3cc(C=Cc5ccc6c(c5)c5ccccc5n6-c5ccc6c(c5)C(C)(C)c5ccccc5-6)ccc3-4)cc21. The summed E-state index contributed by atoms with van der Waals surface area (Å²) in [7, 11) is 0. The number of aromatic nitrogens is 2. The highest BCUT2D eigenvalue weighted by Gasteiger charge is 2.39. The molecule has 0 unspecified atom stereocenters. The largest absolute Gasteiger partial charge is 0.309 e. The van der Waals surface area contributed by atoms with Crippen LogP contribution in [0.2, 0.25) is 0 Å². The molecule has 3 aliphatic rings. The van der Waals surface area contributed by atoms with E-state index in [9.17, 15) is 0 Å². The van der Waals surface area contributed by atoms with Gasteiger partial charge in [0.05, 0.1) is 22.1 Å². The first-order valence-electron chi connectivity index (χ1n) is 28.7. The van der Waals surface area contributed by atoms with E-state index in [2.05, 4.69) is 306 Å². The first-order chi connectivity index (χ1) is 39.4. The monoisotopic (exact) mass is 1040 g/mol. The minimum atomic E-state index is -0.163. The quantitative estimate of drug-likeness (QED) is 0.141. The third kappa shape index (κ3) is 7.06. The molecule has 2 aromatic heterocycles. The van der Waals surface area contributed by atoms with Crippen molar-refractivity contribution in [3.05, 3.63) is 286 Å². The lowest BCUT2D eigenvalue weighted by atomic mass is 9.80.